The highest BCUT2D eigenvalue weighted by molar-refractivity contribution is 9.10. The summed E-state index contributed by atoms with van der Waals surface area (Å²) in [4.78, 5) is 0. The van der Waals surface area contributed by atoms with Gasteiger partial charge in [0.05, 0.1) is 21.8 Å². The third-order valence-corrected chi connectivity index (χ3v) is 6.05. The molecule has 3 atom stereocenters. The minimum atomic E-state index is -1.08. The van der Waals surface area contributed by atoms with Gasteiger partial charge in [-0.3, -0.25) is 0 Å². The van der Waals surface area contributed by atoms with Gasteiger partial charge in [0.2, 0.25) is 0 Å². The van der Waals surface area contributed by atoms with Crippen LogP contribution in [0.3, 0.4) is 0 Å². The summed E-state index contributed by atoms with van der Waals surface area (Å²) in [7, 11) is -1.08. The van der Waals surface area contributed by atoms with Crippen LogP contribution in [-0.4, -0.2) is 8.96 Å². The molecule has 21 heavy (non-hydrogen) atoms. The average molecular weight is 370 g/mol. The van der Waals surface area contributed by atoms with Gasteiger partial charge in [-0.05, 0) is 57.6 Å². The Morgan fingerprint density at radius 2 is 2.05 bits per heavy atom. The van der Waals surface area contributed by atoms with Gasteiger partial charge >= 0.3 is 0 Å². The van der Waals surface area contributed by atoms with Crippen LogP contribution in [0.5, 0.6) is 0 Å². The third-order valence-electron chi connectivity index (χ3n) is 3.75. The molecule has 4 heteroatoms. The molecule has 0 aliphatic heterocycles. The predicted molar refractivity (Wildman–Crippen MR) is 94.4 cm³/mol. The fraction of sp³-hybridized carbons (Fsp3) is 0.529. The number of hydrogen-bond donors (Lipinski definition) is 1. The van der Waals surface area contributed by atoms with Crippen molar-refractivity contribution in [3.8, 4) is 0 Å². The van der Waals surface area contributed by atoms with E-state index in [9.17, 15) is 4.21 Å². The second-order valence-corrected chi connectivity index (χ2v) is 9.37. The zero-order valence-electron chi connectivity index (χ0n) is 12.9. The zero-order valence-corrected chi connectivity index (χ0v) is 15.3. The van der Waals surface area contributed by atoms with Gasteiger partial charge in [0, 0.05) is 4.47 Å². The molecule has 116 valence electrons. The maximum Gasteiger partial charge on any atom is 0.0976 e. The number of rotatable bonds is 4. The Hall–Kier alpha value is -0.450. The van der Waals surface area contributed by atoms with Crippen LogP contribution >= 0.6 is 15.9 Å². The van der Waals surface area contributed by atoms with Crippen molar-refractivity contribution in [2.24, 2.45) is 5.92 Å². The minimum Gasteiger partial charge on any atom is -0.242 e. The lowest BCUT2D eigenvalue weighted by Crippen LogP contribution is -2.38. The SMILES string of the molecule is CC(C)(C)[S@](=O)N[C@@H](c1ccccc1Br)[C@H]1C=CCCC1. The Kier molecular flexibility index (Phi) is 5.81. The van der Waals surface area contributed by atoms with E-state index >= 15 is 0 Å². The molecule has 0 fully saturated rings. The molecular weight excluding hydrogens is 346 g/mol. The second-order valence-electron chi connectivity index (χ2n) is 6.52. The van der Waals surface area contributed by atoms with Crippen LogP contribution < -0.4 is 4.72 Å². The molecule has 0 unspecified atom stereocenters. The number of allylic oxidation sites excluding steroid dienone is 1. The van der Waals surface area contributed by atoms with Crippen molar-refractivity contribution >= 4 is 26.9 Å². The fourth-order valence-electron chi connectivity index (χ4n) is 2.52. The number of halogens is 1. The monoisotopic (exact) mass is 369 g/mol. The Morgan fingerprint density at radius 1 is 1.33 bits per heavy atom. The lowest BCUT2D eigenvalue weighted by atomic mass is 9.86. The summed E-state index contributed by atoms with van der Waals surface area (Å²) in [5.41, 5.74) is 1.19. The van der Waals surface area contributed by atoms with E-state index in [1.165, 1.54) is 12.0 Å². The Labute approximate surface area is 139 Å². The first kappa shape index (κ1) is 16.9. The molecule has 2 nitrogen and oxygen atoms in total. The molecule has 1 aliphatic rings. The van der Waals surface area contributed by atoms with Crippen molar-refractivity contribution in [3.63, 3.8) is 0 Å². The number of hydrogen-bond acceptors (Lipinski definition) is 1. The number of nitrogens with one attached hydrogen (secondary N) is 1. The summed E-state index contributed by atoms with van der Waals surface area (Å²) >= 11 is 3.64. The van der Waals surface area contributed by atoms with Crippen molar-refractivity contribution in [1.29, 1.82) is 0 Å². The molecule has 0 aromatic heterocycles. The Balaban J connectivity index is 2.31. The van der Waals surface area contributed by atoms with E-state index in [0.717, 1.165) is 17.3 Å². The van der Waals surface area contributed by atoms with Crippen LogP contribution in [0, 0.1) is 5.92 Å². The molecule has 0 saturated carbocycles. The molecule has 0 radical (unpaired) electrons. The van der Waals surface area contributed by atoms with Gasteiger partial charge in [-0.15, -0.1) is 0 Å². The van der Waals surface area contributed by atoms with Crippen LogP contribution in [0.25, 0.3) is 0 Å². The first-order valence-electron chi connectivity index (χ1n) is 7.49. The second kappa shape index (κ2) is 7.21. The van der Waals surface area contributed by atoms with E-state index in [4.69, 9.17) is 0 Å². The van der Waals surface area contributed by atoms with Gasteiger partial charge < -0.3 is 0 Å². The van der Waals surface area contributed by atoms with Crippen molar-refractivity contribution in [1.82, 2.24) is 4.72 Å². The van der Waals surface area contributed by atoms with Gasteiger partial charge in [-0.1, -0.05) is 46.3 Å². The van der Waals surface area contributed by atoms with E-state index in [2.05, 4.69) is 44.9 Å². The van der Waals surface area contributed by atoms with Crippen molar-refractivity contribution < 1.29 is 4.21 Å². The first-order valence-corrected chi connectivity index (χ1v) is 9.43. The molecule has 0 spiro atoms. The maximum absolute atomic E-state index is 12.6. The standard InChI is InChI=1S/C17H24BrNOS/c1-17(2,3)21(20)19-16(13-9-5-4-6-10-13)14-11-7-8-12-15(14)18/h5,7-9,11-13,16,19H,4,6,10H2,1-3H3/t13-,16+,21-/m0/s1. The summed E-state index contributed by atoms with van der Waals surface area (Å²) in [6, 6.07) is 8.31. The molecule has 0 heterocycles. The van der Waals surface area contributed by atoms with Crippen LogP contribution in [0.2, 0.25) is 0 Å². The van der Waals surface area contributed by atoms with E-state index in [-0.39, 0.29) is 10.8 Å². The van der Waals surface area contributed by atoms with Gasteiger partial charge in [-0.25, -0.2) is 8.93 Å². The highest BCUT2D eigenvalue weighted by Gasteiger charge is 2.29. The normalized spacial score (nSPS) is 22.0. The first-order chi connectivity index (χ1) is 9.89. The van der Waals surface area contributed by atoms with E-state index in [1.54, 1.807) is 0 Å². The molecule has 0 saturated heterocycles. The molecule has 0 amide bonds. The van der Waals surface area contributed by atoms with E-state index in [1.807, 2.05) is 32.9 Å². The lowest BCUT2D eigenvalue weighted by molar-refractivity contribution is 0.428. The molecule has 2 rings (SSSR count). The third kappa shape index (κ3) is 4.51. The predicted octanol–water partition coefficient (Wildman–Crippen LogP) is 4.90. The number of benzene rings is 1. The Bertz CT molecular complexity index is 536. The van der Waals surface area contributed by atoms with Crippen molar-refractivity contribution in [2.75, 3.05) is 0 Å². The highest BCUT2D eigenvalue weighted by atomic mass is 79.9. The fourth-order valence-corrected chi connectivity index (χ4v) is 3.93. The molecule has 1 aromatic rings. The van der Waals surface area contributed by atoms with Gasteiger partial charge in [0.1, 0.15) is 0 Å². The van der Waals surface area contributed by atoms with Crippen molar-refractivity contribution in [3.05, 3.63) is 46.5 Å². The maximum atomic E-state index is 12.6. The smallest absolute Gasteiger partial charge is 0.0976 e. The summed E-state index contributed by atoms with van der Waals surface area (Å²) in [5, 5.41) is 0. The van der Waals surface area contributed by atoms with Crippen LogP contribution in [0.4, 0.5) is 0 Å². The minimum absolute atomic E-state index is 0.0807. The molecule has 1 N–H and O–H groups in total. The molecule has 1 aromatic carbocycles. The molecule has 0 bridgehead atoms. The van der Waals surface area contributed by atoms with Gasteiger partial charge in [0.25, 0.3) is 0 Å². The van der Waals surface area contributed by atoms with Crippen LogP contribution in [-0.2, 0) is 11.0 Å². The average Bonchev–Trinajstić information content (AvgIpc) is 2.45. The molecular formula is C17H24BrNOS. The lowest BCUT2D eigenvalue weighted by Gasteiger charge is -2.31. The summed E-state index contributed by atoms with van der Waals surface area (Å²) in [6.07, 6.45) is 8.02. The quantitative estimate of drug-likeness (QED) is 0.751. The van der Waals surface area contributed by atoms with Crippen LogP contribution in [0.15, 0.2) is 40.9 Å². The zero-order chi connectivity index (χ0) is 15.5. The largest absolute Gasteiger partial charge is 0.242 e. The Morgan fingerprint density at radius 3 is 2.62 bits per heavy atom. The van der Waals surface area contributed by atoms with Crippen molar-refractivity contribution in [2.45, 2.75) is 50.8 Å². The summed E-state index contributed by atoms with van der Waals surface area (Å²) in [5.74, 6) is 0.392. The van der Waals surface area contributed by atoms with Crippen LogP contribution in [0.1, 0.15) is 51.6 Å². The summed E-state index contributed by atoms with van der Waals surface area (Å²) in [6.45, 7) is 6.01. The van der Waals surface area contributed by atoms with E-state index in [0.29, 0.717) is 5.92 Å². The molecule has 1 aliphatic carbocycles. The van der Waals surface area contributed by atoms with E-state index < -0.39 is 11.0 Å². The topological polar surface area (TPSA) is 29.1 Å². The highest BCUT2D eigenvalue weighted by Crippen LogP contribution is 2.35. The van der Waals surface area contributed by atoms with Gasteiger partial charge in [-0.2, -0.15) is 0 Å². The summed E-state index contributed by atoms with van der Waals surface area (Å²) < 4.78 is 16.7. The van der Waals surface area contributed by atoms with Gasteiger partial charge in [0.15, 0.2) is 0 Å².